The Hall–Kier alpha value is -2.53. The van der Waals surface area contributed by atoms with Crippen molar-refractivity contribution in [3.63, 3.8) is 0 Å². The SMILES string of the molecule is [C-]#[N+][C@@]1(CC(=O)OC)C(=O)N2[C@@H](C(=O)OCc3ccccc3)C(C)(C)S[C@@H]21. The first-order valence-electron chi connectivity index (χ1n) is 8.43. The second-order valence-corrected chi connectivity index (χ2v) is 8.81. The average Bonchev–Trinajstić information content (AvgIpc) is 2.93. The van der Waals surface area contributed by atoms with Gasteiger partial charge in [0, 0.05) is 4.75 Å². The van der Waals surface area contributed by atoms with Crippen LogP contribution >= 0.6 is 11.8 Å². The van der Waals surface area contributed by atoms with Gasteiger partial charge in [-0.05, 0) is 19.4 Å². The van der Waals surface area contributed by atoms with Gasteiger partial charge in [-0.15, -0.1) is 11.8 Å². The molecule has 142 valence electrons. The molecular weight excluding hydrogens is 368 g/mol. The highest BCUT2D eigenvalue weighted by molar-refractivity contribution is 8.01. The lowest BCUT2D eigenvalue weighted by molar-refractivity contribution is -0.169. The van der Waals surface area contributed by atoms with Gasteiger partial charge in [0.1, 0.15) is 19.1 Å². The molecule has 3 atom stereocenters. The Kier molecular flexibility index (Phi) is 4.91. The zero-order chi connectivity index (χ0) is 19.8. The van der Waals surface area contributed by atoms with Crippen molar-refractivity contribution in [1.82, 2.24) is 4.90 Å². The zero-order valence-corrected chi connectivity index (χ0v) is 16.1. The van der Waals surface area contributed by atoms with Crippen LogP contribution in [0.15, 0.2) is 30.3 Å². The van der Waals surface area contributed by atoms with Gasteiger partial charge in [0.05, 0.1) is 7.11 Å². The van der Waals surface area contributed by atoms with Crippen LogP contribution in [0.25, 0.3) is 4.85 Å². The van der Waals surface area contributed by atoms with E-state index < -0.39 is 39.5 Å². The van der Waals surface area contributed by atoms with Gasteiger partial charge >= 0.3 is 23.4 Å². The number of ether oxygens (including phenoxy) is 2. The van der Waals surface area contributed by atoms with Crippen molar-refractivity contribution >= 4 is 29.6 Å². The molecule has 0 bridgehead atoms. The van der Waals surface area contributed by atoms with Crippen LogP contribution in [0.3, 0.4) is 0 Å². The van der Waals surface area contributed by atoms with Crippen LogP contribution < -0.4 is 0 Å². The Morgan fingerprint density at radius 3 is 2.56 bits per heavy atom. The molecule has 3 rings (SSSR count). The Labute approximate surface area is 161 Å². The van der Waals surface area contributed by atoms with Gasteiger partial charge in [-0.3, -0.25) is 19.3 Å². The van der Waals surface area contributed by atoms with Crippen LogP contribution in [0.4, 0.5) is 0 Å². The molecule has 0 aliphatic carbocycles. The van der Waals surface area contributed by atoms with E-state index in [-0.39, 0.29) is 13.0 Å². The minimum absolute atomic E-state index is 0.111. The number of nitrogens with zero attached hydrogens (tertiary/aromatic N) is 2. The minimum atomic E-state index is -1.51. The van der Waals surface area contributed by atoms with Crippen molar-refractivity contribution in [3.8, 4) is 0 Å². The van der Waals surface area contributed by atoms with Crippen molar-refractivity contribution in [3.05, 3.63) is 47.3 Å². The number of esters is 2. The lowest BCUT2D eigenvalue weighted by Gasteiger charge is -2.44. The van der Waals surface area contributed by atoms with Crippen molar-refractivity contribution in [2.45, 2.75) is 48.6 Å². The molecule has 1 aromatic carbocycles. The number of hydrogen-bond acceptors (Lipinski definition) is 6. The van der Waals surface area contributed by atoms with Crippen molar-refractivity contribution in [1.29, 1.82) is 0 Å². The molecule has 0 saturated carbocycles. The molecule has 2 saturated heterocycles. The highest BCUT2D eigenvalue weighted by Gasteiger charge is 2.77. The highest BCUT2D eigenvalue weighted by Crippen LogP contribution is 2.57. The van der Waals surface area contributed by atoms with Crippen LogP contribution in [-0.2, 0) is 30.5 Å². The van der Waals surface area contributed by atoms with Crippen LogP contribution in [0, 0.1) is 6.57 Å². The van der Waals surface area contributed by atoms with E-state index in [0.717, 1.165) is 5.56 Å². The number of rotatable bonds is 5. The number of β-lactam (4-membered cyclic amide) rings is 1. The van der Waals surface area contributed by atoms with Crippen LogP contribution in [0.5, 0.6) is 0 Å². The summed E-state index contributed by atoms with van der Waals surface area (Å²) in [6.45, 7) is 11.3. The van der Waals surface area contributed by atoms with Crippen molar-refractivity contribution in [2.24, 2.45) is 0 Å². The third-order valence-corrected chi connectivity index (χ3v) is 6.58. The average molecular weight is 388 g/mol. The normalized spacial score (nSPS) is 27.9. The molecule has 2 heterocycles. The van der Waals surface area contributed by atoms with Gasteiger partial charge in [-0.2, -0.15) is 0 Å². The Balaban J connectivity index is 1.78. The fourth-order valence-electron chi connectivity index (χ4n) is 3.50. The Bertz CT molecular complexity index is 819. The fourth-order valence-corrected chi connectivity index (χ4v) is 5.17. The molecule has 0 N–H and O–H groups in total. The van der Waals surface area contributed by atoms with Gasteiger partial charge < -0.3 is 9.47 Å². The number of carbonyl (C=O) groups excluding carboxylic acids is 3. The number of amides is 1. The molecule has 0 spiro atoms. The van der Waals surface area contributed by atoms with E-state index in [9.17, 15) is 14.4 Å². The quantitative estimate of drug-likeness (QED) is 0.436. The molecule has 2 aliphatic rings. The van der Waals surface area contributed by atoms with Crippen molar-refractivity contribution < 1.29 is 23.9 Å². The molecule has 2 aliphatic heterocycles. The van der Waals surface area contributed by atoms with Gasteiger partial charge in [0.2, 0.25) is 0 Å². The summed E-state index contributed by atoms with van der Waals surface area (Å²) in [5.74, 6) is -1.65. The van der Waals surface area contributed by atoms with E-state index in [4.69, 9.17) is 11.3 Å². The molecule has 0 aromatic heterocycles. The number of benzene rings is 1. The van der Waals surface area contributed by atoms with Crippen LogP contribution in [0.1, 0.15) is 25.8 Å². The molecule has 8 heteroatoms. The minimum Gasteiger partial charge on any atom is -0.469 e. The predicted molar refractivity (Wildman–Crippen MR) is 98.3 cm³/mol. The zero-order valence-electron chi connectivity index (χ0n) is 15.3. The molecule has 1 aromatic rings. The largest absolute Gasteiger partial charge is 0.469 e. The maximum absolute atomic E-state index is 12.8. The molecule has 0 radical (unpaired) electrons. The Morgan fingerprint density at radius 1 is 1.30 bits per heavy atom. The summed E-state index contributed by atoms with van der Waals surface area (Å²) in [7, 11) is 1.22. The molecular formula is C19H20N2O5S. The number of hydrogen-bond donors (Lipinski definition) is 0. The van der Waals surface area contributed by atoms with Gasteiger partial charge in [-0.1, -0.05) is 30.3 Å². The second kappa shape index (κ2) is 6.89. The molecule has 2 fully saturated rings. The predicted octanol–water partition coefficient (Wildman–Crippen LogP) is 2.01. The second-order valence-electron chi connectivity index (χ2n) is 7.07. The summed E-state index contributed by atoms with van der Waals surface area (Å²) in [6.07, 6.45) is -0.318. The molecule has 27 heavy (non-hydrogen) atoms. The lowest BCUT2D eigenvalue weighted by atomic mass is 9.82. The van der Waals surface area contributed by atoms with E-state index in [0.29, 0.717) is 0 Å². The molecule has 0 unspecified atom stereocenters. The first-order valence-corrected chi connectivity index (χ1v) is 9.31. The maximum atomic E-state index is 12.8. The summed E-state index contributed by atoms with van der Waals surface area (Å²) in [4.78, 5) is 42.1. The number of fused-ring (bicyclic) bond motifs is 1. The summed E-state index contributed by atoms with van der Waals surface area (Å²) >= 11 is 1.35. The van der Waals surface area contributed by atoms with E-state index in [1.165, 1.54) is 23.8 Å². The Morgan fingerprint density at radius 2 is 1.96 bits per heavy atom. The monoisotopic (exact) mass is 388 g/mol. The third-order valence-electron chi connectivity index (χ3n) is 4.91. The smallest absolute Gasteiger partial charge is 0.348 e. The lowest BCUT2D eigenvalue weighted by Crippen LogP contribution is -2.72. The third kappa shape index (κ3) is 3.06. The maximum Gasteiger partial charge on any atom is 0.348 e. The first-order chi connectivity index (χ1) is 12.8. The molecule has 7 nitrogen and oxygen atoms in total. The van der Waals surface area contributed by atoms with Crippen LogP contribution in [-0.4, -0.2) is 51.6 Å². The molecule has 1 amide bonds. The first kappa shape index (κ1) is 19.2. The standard InChI is InChI=1S/C19H20N2O5S/c1-18(2)14(15(23)26-11-12-8-6-5-7-9-12)21-16(24)19(20-3,17(21)27-18)10-13(22)25-4/h5-9,14,17H,10-11H2,1-2,4H3/t14-,17+,19-/m0/s1. The summed E-state index contributed by atoms with van der Waals surface area (Å²) in [5.41, 5.74) is -0.661. The topological polar surface area (TPSA) is 77.3 Å². The summed E-state index contributed by atoms with van der Waals surface area (Å²) < 4.78 is 9.44. The van der Waals surface area contributed by atoms with E-state index in [2.05, 4.69) is 9.58 Å². The van der Waals surface area contributed by atoms with Gasteiger partial charge in [-0.25, -0.2) is 11.4 Å². The number of methoxy groups -OCH3 is 1. The van der Waals surface area contributed by atoms with E-state index >= 15 is 0 Å². The van der Waals surface area contributed by atoms with E-state index in [1.807, 2.05) is 44.2 Å². The van der Waals surface area contributed by atoms with Gasteiger partial charge in [0.15, 0.2) is 5.37 Å². The number of carbonyl (C=O) groups is 3. The number of thioether (sulfide) groups is 1. The fraction of sp³-hybridized carbons (Fsp3) is 0.474. The van der Waals surface area contributed by atoms with Crippen LogP contribution in [0.2, 0.25) is 0 Å². The summed E-state index contributed by atoms with van der Waals surface area (Å²) in [6, 6.07) is 8.46. The summed E-state index contributed by atoms with van der Waals surface area (Å²) in [5, 5.41) is -0.578. The van der Waals surface area contributed by atoms with Gasteiger partial charge in [0.25, 0.3) is 0 Å². The highest BCUT2D eigenvalue weighted by atomic mass is 32.2. The van der Waals surface area contributed by atoms with E-state index in [1.54, 1.807) is 0 Å². The van der Waals surface area contributed by atoms with Crippen molar-refractivity contribution in [2.75, 3.05) is 7.11 Å².